The first-order valence-corrected chi connectivity index (χ1v) is 8.49. The molecule has 1 amide bonds. The molecule has 0 radical (unpaired) electrons. The van der Waals surface area contributed by atoms with Gasteiger partial charge >= 0.3 is 0 Å². The smallest absolute Gasteiger partial charge is 0.295 e. The fourth-order valence-electron chi connectivity index (χ4n) is 3.10. The average molecular weight is 369 g/mol. The minimum atomic E-state index is -0.987. The molecular weight excluding hydrogens is 349 g/mol. The number of aliphatic hydroxyl groups is 1. The highest BCUT2D eigenvalue weighted by atomic mass is 19.1. The molecule has 1 unspecified atom stereocenters. The van der Waals surface area contributed by atoms with Gasteiger partial charge in [0.2, 0.25) is 0 Å². The fraction of sp³-hybridized carbons (Fsp3) is 0.250. The number of carbonyl (C=O) groups is 2. The molecule has 1 aliphatic heterocycles. The quantitative estimate of drug-likeness (QED) is 0.497. The summed E-state index contributed by atoms with van der Waals surface area (Å²) < 4.78 is 14.5. The fourth-order valence-corrected chi connectivity index (χ4v) is 3.10. The lowest BCUT2D eigenvalue weighted by Crippen LogP contribution is -2.35. The molecule has 7 heteroatoms. The number of carbonyl (C=O) groups excluding carboxylic acids is 2. The van der Waals surface area contributed by atoms with Crippen molar-refractivity contribution >= 4 is 17.4 Å². The van der Waals surface area contributed by atoms with Crippen molar-refractivity contribution in [3.8, 4) is 0 Å². The van der Waals surface area contributed by atoms with E-state index in [1.807, 2.05) is 19.0 Å². The second-order valence-electron chi connectivity index (χ2n) is 6.55. The molecule has 1 aromatic carbocycles. The predicted octanol–water partition coefficient (Wildman–Crippen LogP) is 2.20. The van der Waals surface area contributed by atoms with Crippen LogP contribution >= 0.6 is 0 Å². The largest absolute Gasteiger partial charge is 0.507 e. The zero-order chi connectivity index (χ0) is 19.6. The second-order valence-corrected chi connectivity index (χ2v) is 6.55. The Balaban J connectivity index is 2.17. The van der Waals surface area contributed by atoms with Gasteiger partial charge in [0.15, 0.2) is 0 Å². The molecule has 140 valence electrons. The SMILES string of the molecule is CN(C)CCN1C(=O)C(=O)/C(=C(\O)c2ccncc2)C1c1ccccc1F. The number of halogens is 1. The number of amides is 1. The van der Waals surface area contributed by atoms with E-state index in [1.165, 1.54) is 47.6 Å². The lowest BCUT2D eigenvalue weighted by molar-refractivity contribution is -0.140. The average Bonchev–Trinajstić information content (AvgIpc) is 2.91. The summed E-state index contributed by atoms with van der Waals surface area (Å²) in [5, 5.41) is 10.7. The van der Waals surface area contributed by atoms with Gasteiger partial charge in [-0.05, 0) is 32.3 Å². The van der Waals surface area contributed by atoms with Gasteiger partial charge < -0.3 is 14.9 Å². The highest BCUT2D eigenvalue weighted by Gasteiger charge is 2.46. The molecule has 2 aromatic rings. The first-order chi connectivity index (χ1) is 12.9. The molecule has 1 N–H and O–H groups in total. The summed E-state index contributed by atoms with van der Waals surface area (Å²) in [6.07, 6.45) is 2.94. The summed E-state index contributed by atoms with van der Waals surface area (Å²) in [7, 11) is 3.68. The minimum absolute atomic E-state index is 0.116. The molecule has 0 spiro atoms. The van der Waals surface area contributed by atoms with Crippen LogP contribution in [0.1, 0.15) is 17.2 Å². The van der Waals surface area contributed by atoms with E-state index in [1.54, 1.807) is 6.07 Å². The zero-order valence-electron chi connectivity index (χ0n) is 15.1. The van der Waals surface area contributed by atoms with Gasteiger partial charge in [0, 0.05) is 36.6 Å². The van der Waals surface area contributed by atoms with Crippen LogP contribution in [0.5, 0.6) is 0 Å². The number of Topliss-reactive ketones (excluding diaryl/α,β-unsaturated/α-hetero) is 1. The number of benzene rings is 1. The van der Waals surface area contributed by atoms with E-state index in [9.17, 15) is 19.1 Å². The molecule has 0 saturated carbocycles. The van der Waals surface area contributed by atoms with Crippen molar-refractivity contribution in [2.75, 3.05) is 27.2 Å². The molecule has 0 bridgehead atoms. The van der Waals surface area contributed by atoms with Crippen LogP contribution in [0.3, 0.4) is 0 Å². The van der Waals surface area contributed by atoms with E-state index in [0.29, 0.717) is 12.1 Å². The molecule has 1 aromatic heterocycles. The Morgan fingerprint density at radius 2 is 1.85 bits per heavy atom. The predicted molar refractivity (Wildman–Crippen MR) is 98.2 cm³/mol. The standard InChI is InChI=1S/C20H20FN3O3/c1-23(2)11-12-24-17(14-5-3-4-6-15(14)21)16(19(26)20(24)27)18(25)13-7-9-22-10-8-13/h3-10,17,25H,11-12H2,1-2H3/b18-16-. The van der Waals surface area contributed by atoms with E-state index in [0.717, 1.165) is 0 Å². The molecule has 2 heterocycles. The number of pyridine rings is 1. The Hall–Kier alpha value is -3.06. The van der Waals surface area contributed by atoms with Gasteiger partial charge in [-0.25, -0.2) is 4.39 Å². The third-order valence-corrected chi connectivity index (χ3v) is 4.48. The summed E-state index contributed by atoms with van der Waals surface area (Å²) >= 11 is 0. The van der Waals surface area contributed by atoms with Crippen molar-refractivity contribution in [2.45, 2.75) is 6.04 Å². The summed E-state index contributed by atoms with van der Waals surface area (Å²) in [6, 6.07) is 8.04. The molecule has 1 fully saturated rings. The first-order valence-electron chi connectivity index (χ1n) is 8.49. The number of likely N-dealkylation sites (N-methyl/N-ethyl adjacent to an activating group) is 1. The van der Waals surface area contributed by atoms with E-state index >= 15 is 0 Å². The number of likely N-dealkylation sites (tertiary alicyclic amines) is 1. The van der Waals surface area contributed by atoms with E-state index in [2.05, 4.69) is 4.98 Å². The topological polar surface area (TPSA) is 73.7 Å². The second kappa shape index (κ2) is 7.67. The van der Waals surface area contributed by atoms with Crippen molar-refractivity contribution in [3.05, 3.63) is 71.3 Å². The Bertz CT molecular complexity index is 896. The van der Waals surface area contributed by atoms with Crippen LogP contribution in [0.4, 0.5) is 4.39 Å². The summed E-state index contributed by atoms with van der Waals surface area (Å²) in [5.74, 6) is -2.45. The van der Waals surface area contributed by atoms with Crippen LogP contribution in [-0.2, 0) is 9.59 Å². The molecule has 1 aliphatic rings. The normalized spacial score (nSPS) is 19.1. The third-order valence-electron chi connectivity index (χ3n) is 4.48. The number of aliphatic hydroxyl groups excluding tert-OH is 1. The lowest BCUT2D eigenvalue weighted by atomic mass is 9.95. The van der Waals surface area contributed by atoms with Crippen LogP contribution in [0, 0.1) is 5.82 Å². The van der Waals surface area contributed by atoms with Gasteiger partial charge in [-0.2, -0.15) is 0 Å². The van der Waals surface area contributed by atoms with Crippen LogP contribution in [0.15, 0.2) is 54.4 Å². The molecular formula is C20H20FN3O3. The Morgan fingerprint density at radius 1 is 1.19 bits per heavy atom. The molecule has 3 rings (SSSR count). The van der Waals surface area contributed by atoms with Gasteiger partial charge in [0.25, 0.3) is 11.7 Å². The number of rotatable bonds is 5. The molecule has 0 aliphatic carbocycles. The molecule has 6 nitrogen and oxygen atoms in total. The Kier molecular flexibility index (Phi) is 5.32. The van der Waals surface area contributed by atoms with E-state index in [-0.39, 0.29) is 23.4 Å². The Labute approximate surface area is 156 Å². The molecule has 1 atom stereocenters. The molecule has 1 saturated heterocycles. The van der Waals surface area contributed by atoms with Gasteiger partial charge in [-0.1, -0.05) is 18.2 Å². The van der Waals surface area contributed by atoms with Crippen molar-refractivity contribution in [1.82, 2.24) is 14.8 Å². The van der Waals surface area contributed by atoms with Crippen LogP contribution in [0.25, 0.3) is 5.76 Å². The number of hydrogen-bond acceptors (Lipinski definition) is 5. The van der Waals surface area contributed by atoms with E-state index in [4.69, 9.17) is 0 Å². The van der Waals surface area contributed by atoms with E-state index < -0.39 is 23.5 Å². The van der Waals surface area contributed by atoms with Crippen molar-refractivity contribution in [2.24, 2.45) is 0 Å². The first kappa shape index (κ1) is 18.7. The minimum Gasteiger partial charge on any atom is -0.507 e. The van der Waals surface area contributed by atoms with Gasteiger partial charge in [0.05, 0.1) is 11.6 Å². The van der Waals surface area contributed by atoms with Crippen LogP contribution < -0.4 is 0 Å². The maximum absolute atomic E-state index is 14.5. The van der Waals surface area contributed by atoms with Gasteiger partial charge in [-0.3, -0.25) is 14.6 Å². The number of nitrogens with zero attached hydrogens (tertiary/aromatic N) is 3. The monoisotopic (exact) mass is 369 g/mol. The number of ketones is 1. The summed E-state index contributed by atoms with van der Waals surface area (Å²) in [4.78, 5) is 32.4. The third kappa shape index (κ3) is 3.59. The van der Waals surface area contributed by atoms with Crippen LogP contribution in [-0.4, -0.2) is 58.8 Å². The lowest BCUT2D eigenvalue weighted by Gasteiger charge is -2.26. The highest BCUT2D eigenvalue weighted by molar-refractivity contribution is 6.46. The maximum atomic E-state index is 14.5. The maximum Gasteiger partial charge on any atom is 0.295 e. The number of hydrogen-bond donors (Lipinski definition) is 1. The highest BCUT2D eigenvalue weighted by Crippen LogP contribution is 2.39. The number of aromatic nitrogens is 1. The van der Waals surface area contributed by atoms with Crippen molar-refractivity contribution < 1.29 is 19.1 Å². The molecule has 27 heavy (non-hydrogen) atoms. The van der Waals surface area contributed by atoms with Crippen molar-refractivity contribution in [1.29, 1.82) is 0 Å². The summed E-state index contributed by atoms with van der Waals surface area (Å²) in [6.45, 7) is 0.719. The van der Waals surface area contributed by atoms with Gasteiger partial charge in [0.1, 0.15) is 11.6 Å². The van der Waals surface area contributed by atoms with Crippen LogP contribution in [0.2, 0.25) is 0 Å². The Morgan fingerprint density at radius 3 is 2.48 bits per heavy atom. The zero-order valence-corrected chi connectivity index (χ0v) is 15.1. The van der Waals surface area contributed by atoms with Gasteiger partial charge in [-0.15, -0.1) is 0 Å². The van der Waals surface area contributed by atoms with Crippen molar-refractivity contribution in [3.63, 3.8) is 0 Å². The summed E-state index contributed by atoms with van der Waals surface area (Å²) in [5.41, 5.74) is 0.401.